The number of hydrogen-bond acceptors (Lipinski definition) is 2. The Hall–Kier alpha value is -1.13. The number of nitrogens with zero attached hydrogens (tertiary/aromatic N) is 2. The third-order valence-electron chi connectivity index (χ3n) is 6.26. The van der Waals surface area contributed by atoms with Crippen LogP contribution >= 0.6 is 11.6 Å². The van der Waals surface area contributed by atoms with Gasteiger partial charge in [0, 0.05) is 31.1 Å². The van der Waals surface area contributed by atoms with Crippen LogP contribution in [0.3, 0.4) is 0 Å². The van der Waals surface area contributed by atoms with Gasteiger partial charge in [-0.15, -0.1) is 0 Å². The van der Waals surface area contributed by atoms with Crippen molar-refractivity contribution in [3.63, 3.8) is 0 Å². The quantitative estimate of drug-likeness (QED) is 0.733. The van der Waals surface area contributed by atoms with E-state index >= 15 is 4.39 Å². The van der Waals surface area contributed by atoms with Crippen LogP contribution in [0, 0.1) is 11.8 Å². The number of carbonyl (C=O) groups is 1. The number of halogens is 2. The first-order chi connectivity index (χ1) is 12.4. The average molecular weight is 379 g/mol. The van der Waals surface area contributed by atoms with Gasteiger partial charge < -0.3 is 4.90 Å². The van der Waals surface area contributed by atoms with Crippen LogP contribution < -0.4 is 0 Å². The van der Waals surface area contributed by atoms with Gasteiger partial charge in [0.05, 0.1) is 0 Å². The minimum Gasteiger partial charge on any atom is -0.345 e. The third kappa shape index (κ3) is 3.77. The zero-order chi connectivity index (χ0) is 18.3. The van der Waals surface area contributed by atoms with Gasteiger partial charge in [-0.3, -0.25) is 9.69 Å². The van der Waals surface area contributed by atoms with E-state index in [1.54, 1.807) is 11.0 Å². The lowest BCUT2D eigenvalue weighted by Gasteiger charge is -2.42. The third-order valence-corrected chi connectivity index (χ3v) is 6.61. The van der Waals surface area contributed by atoms with Gasteiger partial charge in [0.1, 0.15) is 5.67 Å². The van der Waals surface area contributed by atoms with Crippen molar-refractivity contribution in [2.24, 2.45) is 11.8 Å². The molecule has 1 aliphatic heterocycles. The molecule has 0 bridgehead atoms. The zero-order valence-electron chi connectivity index (χ0n) is 15.5. The number of likely N-dealkylation sites (tertiary alicyclic amines) is 1. The Labute approximate surface area is 160 Å². The first-order valence-corrected chi connectivity index (χ1v) is 10.3. The second kappa shape index (κ2) is 7.12. The van der Waals surface area contributed by atoms with Gasteiger partial charge in [-0.2, -0.15) is 0 Å². The predicted molar refractivity (Wildman–Crippen MR) is 102 cm³/mol. The number of carbonyl (C=O) groups excluding carboxylic acids is 1. The normalized spacial score (nSPS) is 28.8. The van der Waals surface area contributed by atoms with E-state index in [0.717, 1.165) is 31.7 Å². The lowest BCUT2D eigenvalue weighted by molar-refractivity contribution is -0.144. The Bertz CT molecular complexity index is 679. The molecule has 0 unspecified atom stereocenters. The number of benzene rings is 1. The Morgan fingerprint density at radius 2 is 2.00 bits per heavy atom. The van der Waals surface area contributed by atoms with Crippen molar-refractivity contribution >= 4 is 17.5 Å². The van der Waals surface area contributed by atoms with Crippen LogP contribution in [-0.4, -0.2) is 42.4 Å². The summed E-state index contributed by atoms with van der Waals surface area (Å²) in [6.45, 7) is 3.89. The molecule has 0 radical (unpaired) electrons. The largest absolute Gasteiger partial charge is 0.345 e. The summed E-state index contributed by atoms with van der Waals surface area (Å²) in [4.78, 5) is 16.6. The minimum absolute atomic E-state index is 0.0990. The van der Waals surface area contributed by atoms with Crippen LogP contribution in [0.1, 0.15) is 49.7 Å². The number of hydrogen-bond donors (Lipinski definition) is 0. The van der Waals surface area contributed by atoms with E-state index in [0.29, 0.717) is 16.5 Å². The van der Waals surface area contributed by atoms with Crippen molar-refractivity contribution in [2.45, 2.75) is 50.7 Å². The molecule has 1 aromatic rings. The summed E-state index contributed by atoms with van der Waals surface area (Å²) in [5.74, 6) is 0.579. The minimum atomic E-state index is -1.41. The summed E-state index contributed by atoms with van der Waals surface area (Å²) in [5, 5.41) is 0.645. The Balaban J connectivity index is 1.36. The van der Waals surface area contributed by atoms with Gasteiger partial charge in [-0.25, -0.2) is 4.39 Å². The second-order valence-corrected chi connectivity index (χ2v) is 8.93. The van der Waals surface area contributed by atoms with Crippen molar-refractivity contribution in [3.8, 4) is 0 Å². The van der Waals surface area contributed by atoms with Crippen molar-refractivity contribution < 1.29 is 9.18 Å². The highest BCUT2D eigenvalue weighted by Gasteiger charge is 2.50. The van der Waals surface area contributed by atoms with E-state index in [2.05, 4.69) is 4.90 Å². The van der Waals surface area contributed by atoms with Crippen LogP contribution in [0.15, 0.2) is 18.2 Å². The molecule has 2 saturated carbocycles. The van der Waals surface area contributed by atoms with E-state index in [1.807, 2.05) is 19.2 Å². The highest BCUT2D eigenvalue weighted by Crippen LogP contribution is 2.50. The van der Waals surface area contributed by atoms with E-state index < -0.39 is 5.67 Å². The average Bonchev–Trinajstić information content (AvgIpc) is 3.25. The van der Waals surface area contributed by atoms with Gasteiger partial charge in [-0.1, -0.05) is 23.7 Å². The highest BCUT2D eigenvalue weighted by molar-refractivity contribution is 6.31. The maximum Gasteiger partial charge on any atom is 0.225 e. The van der Waals surface area contributed by atoms with Gasteiger partial charge in [0.15, 0.2) is 0 Å². The summed E-state index contributed by atoms with van der Waals surface area (Å²) in [7, 11) is 1.85. The van der Waals surface area contributed by atoms with Crippen LogP contribution in [0.2, 0.25) is 5.02 Å². The Morgan fingerprint density at radius 1 is 1.31 bits per heavy atom. The predicted octanol–water partition coefficient (Wildman–Crippen LogP) is 4.38. The standard InChI is InChI=1S/C21H28ClFN2O/c1-24(13-15-4-5-15)20(26)17-11-21(23,12-17)18-7-6-16(19(22)10-18)14-25-8-2-3-9-25/h6-7,10,15,17H,2-5,8-9,11-14H2,1H3/t17-,21-. The van der Waals surface area contributed by atoms with Crippen LogP contribution in [-0.2, 0) is 17.0 Å². The van der Waals surface area contributed by atoms with Crippen LogP contribution in [0.4, 0.5) is 4.39 Å². The summed E-state index contributed by atoms with van der Waals surface area (Å²) in [6, 6.07) is 5.61. The van der Waals surface area contributed by atoms with Crippen molar-refractivity contribution in [1.29, 1.82) is 0 Å². The number of alkyl halides is 1. The lowest BCUT2D eigenvalue weighted by Crippen LogP contribution is -2.46. The highest BCUT2D eigenvalue weighted by atomic mass is 35.5. The zero-order valence-corrected chi connectivity index (χ0v) is 16.3. The summed E-state index contributed by atoms with van der Waals surface area (Å²) in [6.07, 6.45) is 5.49. The molecule has 3 fully saturated rings. The lowest BCUT2D eigenvalue weighted by atomic mass is 9.68. The molecule has 4 rings (SSSR count). The molecule has 3 nitrogen and oxygen atoms in total. The van der Waals surface area contributed by atoms with Gasteiger partial charge in [0.2, 0.25) is 5.91 Å². The monoisotopic (exact) mass is 378 g/mol. The Morgan fingerprint density at radius 3 is 2.62 bits per heavy atom. The molecule has 0 N–H and O–H groups in total. The number of amides is 1. The molecular formula is C21H28ClFN2O. The van der Waals surface area contributed by atoms with Gasteiger partial charge in [0.25, 0.3) is 0 Å². The molecule has 2 aliphatic carbocycles. The summed E-state index contributed by atoms with van der Waals surface area (Å²) in [5.41, 5.74) is 0.287. The van der Waals surface area contributed by atoms with Crippen LogP contribution in [0.5, 0.6) is 0 Å². The number of rotatable bonds is 6. The van der Waals surface area contributed by atoms with Crippen molar-refractivity contribution in [2.75, 3.05) is 26.7 Å². The molecule has 5 heteroatoms. The summed E-state index contributed by atoms with van der Waals surface area (Å²) >= 11 is 6.44. The molecule has 1 saturated heterocycles. The second-order valence-electron chi connectivity index (χ2n) is 8.52. The fraction of sp³-hybridized carbons (Fsp3) is 0.667. The van der Waals surface area contributed by atoms with Crippen molar-refractivity contribution in [1.82, 2.24) is 9.80 Å². The molecule has 26 heavy (non-hydrogen) atoms. The first kappa shape index (κ1) is 18.2. The van der Waals surface area contributed by atoms with E-state index in [9.17, 15) is 4.79 Å². The van der Waals surface area contributed by atoms with E-state index in [-0.39, 0.29) is 24.7 Å². The molecule has 142 valence electrons. The topological polar surface area (TPSA) is 23.6 Å². The molecule has 0 spiro atoms. The fourth-order valence-electron chi connectivity index (χ4n) is 4.36. The summed E-state index contributed by atoms with van der Waals surface area (Å²) < 4.78 is 15.3. The molecule has 1 aromatic carbocycles. The maximum absolute atomic E-state index is 15.3. The van der Waals surface area contributed by atoms with Crippen LogP contribution in [0.25, 0.3) is 0 Å². The molecule has 1 heterocycles. The van der Waals surface area contributed by atoms with Gasteiger partial charge in [-0.05, 0) is 74.7 Å². The Kier molecular flexibility index (Phi) is 5.00. The molecule has 1 amide bonds. The SMILES string of the molecule is CN(CC1CC1)C(=O)[C@H]1C[C@@](F)(c2ccc(CN3CCCC3)c(Cl)c2)C1. The maximum atomic E-state index is 15.3. The van der Waals surface area contributed by atoms with E-state index in [1.165, 1.54) is 25.7 Å². The van der Waals surface area contributed by atoms with Gasteiger partial charge >= 0.3 is 0 Å². The first-order valence-electron chi connectivity index (χ1n) is 9.90. The van der Waals surface area contributed by atoms with Crippen molar-refractivity contribution in [3.05, 3.63) is 34.3 Å². The molecular weight excluding hydrogens is 351 g/mol. The molecule has 0 aromatic heterocycles. The smallest absolute Gasteiger partial charge is 0.225 e. The molecule has 0 atom stereocenters. The molecule has 3 aliphatic rings. The van der Waals surface area contributed by atoms with E-state index in [4.69, 9.17) is 11.6 Å². The fourth-order valence-corrected chi connectivity index (χ4v) is 4.60.